The second kappa shape index (κ2) is 14.8. The van der Waals surface area contributed by atoms with Gasteiger partial charge in [0, 0.05) is 24.3 Å². The normalized spacial score (nSPS) is 14.6. The first kappa shape index (κ1) is 30.3. The predicted molar refractivity (Wildman–Crippen MR) is 169 cm³/mol. The molecule has 218 valence electrons. The molecule has 0 aliphatic carbocycles. The summed E-state index contributed by atoms with van der Waals surface area (Å²) in [6, 6.07) is 14.5. The monoisotopic (exact) mass is 545 g/mol. The summed E-state index contributed by atoms with van der Waals surface area (Å²) in [6.45, 7) is 18.6. The predicted octanol–water partition coefficient (Wildman–Crippen LogP) is 7.75. The number of carbonyl (C=O) groups excluding carboxylic acids is 1. The van der Waals surface area contributed by atoms with Gasteiger partial charge in [0.2, 0.25) is 5.95 Å². The van der Waals surface area contributed by atoms with Gasteiger partial charge in [-0.15, -0.1) is 0 Å². The fourth-order valence-electron chi connectivity index (χ4n) is 5.58. The number of imidazole rings is 1. The molecule has 40 heavy (non-hydrogen) atoms. The van der Waals surface area contributed by atoms with Gasteiger partial charge in [0.25, 0.3) is 0 Å². The molecule has 0 radical (unpaired) electrons. The number of fused-ring (bicyclic) bond motifs is 1. The minimum atomic E-state index is 0.0720. The van der Waals surface area contributed by atoms with Crippen molar-refractivity contribution in [3.8, 4) is 0 Å². The van der Waals surface area contributed by atoms with Crippen molar-refractivity contribution in [3.05, 3.63) is 53.6 Å². The average molecular weight is 546 g/mol. The molecule has 1 N–H and O–H groups in total. The molecular weight excluding hydrogens is 494 g/mol. The molecule has 1 aliphatic rings. The lowest BCUT2D eigenvalue weighted by atomic mass is 10.1. The number of aryl methyl sites for hydroxylation is 1. The van der Waals surface area contributed by atoms with E-state index < -0.39 is 0 Å². The van der Waals surface area contributed by atoms with E-state index in [-0.39, 0.29) is 5.78 Å². The van der Waals surface area contributed by atoms with E-state index in [2.05, 4.69) is 65.6 Å². The molecule has 2 heterocycles. The van der Waals surface area contributed by atoms with Gasteiger partial charge in [-0.05, 0) is 113 Å². The van der Waals surface area contributed by atoms with Crippen molar-refractivity contribution >= 4 is 28.5 Å². The Hall–Kier alpha value is -2.70. The molecule has 6 nitrogen and oxygen atoms in total. The maximum atomic E-state index is 12.0. The molecule has 6 heteroatoms. The number of piperidine rings is 1. The van der Waals surface area contributed by atoms with Crippen LogP contribution in [-0.4, -0.2) is 57.9 Å². The molecular formula is C34H51N5O. The van der Waals surface area contributed by atoms with Gasteiger partial charge >= 0.3 is 0 Å². The molecule has 0 amide bonds. The molecule has 0 spiro atoms. The first-order valence-corrected chi connectivity index (χ1v) is 15.6. The largest absolute Gasteiger partial charge is 0.326 e. The summed E-state index contributed by atoms with van der Waals surface area (Å²) in [5.41, 5.74) is 5.16. The number of benzene rings is 2. The van der Waals surface area contributed by atoms with Crippen molar-refractivity contribution in [3.63, 3.8) is 0 Å². The summed E-state index contributed by atoms with van der Waals surface area (Å²) < 4.78 is 2.36. The van der Waals surface area contributed by atoms with Gasteiger partial charge in [0.05, 0.1) is 11.0 Å². The zero-order chi connectivity index (χ0) is 28.5. The molecule has 4 rings (SSSR count). The number of nitrogens with zero attached hydrogens (tertiary/aromatic N) is 4. The van der Waals surface area contributed by atoms with E-state index >= 15 is 0 Å². The summed E-state index contributed by atoms with van der Waals surface area (Å²) in [4.78, 5) is 22.3. The number of anilines is 2. The van der Waals surface area contributed by atoms with Gasteiger partial charge in [-0.25, -0.2) is 4.98 Å². The van der Waals surface area contributed by atoms with Crippen molar-refractivity contribution < 1.29 is 4.79 Å². The number of nitrogens with one attached hydrogen (secondary N) is 1. The molecule has 0 saturated carbocycles. The quantitative estimate of drug-likeness (QED) is 0.198. The highest BCUT2D eigenvalue weighted by atomic mass is 16.1. The lowest BCUT2D eigenvalue weighted by Gasteiger charge is -2.26. The SMILES string of the molecule is CC(=O)c1cccc(Nc2nc3ccc(CN(CCC(C)C)CCC(C)C)cc3n2CCCN2CCCCC2)c1. The Balaban J connectivity index is 1.59. The number of carbonyl (C=O) groups is 1. The van der Waals surface area contributed by atoms with E-state index in [4.69, 9.17) is 4.98 Å². The van der Waals surface area contributed by atoms with Crippen LogP contribution in [0.4, 0.5) is 11.6 Å². The van der Waals surface area contributed by atoms with Gasteiger partial charge in [0.1, 0.15) is 0 Å². The number of Topliss-reactive ketones (excluding diaryl/α,β-unsaturated/α-hetero) is 1. The van der Waals surface area contributed by atoms with E-state index in [1.165, 1.54) is 56.3 Å². The van der Waals surface area contributed by atoms with E-state index in [9.17, 15) is 4.79 Å². The lowest BCUT2D eigenvalue weighted by Crippen LogP contribution is -2.31. The van der Waals surface area contributed by atoms with Crippen LogP contribution in [-0.2, 0) is 13.1 Å². The van der Waals surface area contributed by atoms with E-state index in [1.807, 2.05) is 24.3 Å². The minimum Gasteiger partial charge on any atom is -0.326 e. The molecule has 3 aromatic rings. The highest BCUT2D eigenvalue weighted by molar-refractivity contribution is 5.95. The smallest absolute Gasteiger partial charge is 0.208 e. The minimum absolute atomic E-state index is 0.0720. The van der Waals surface area contributed by atoms with Crippen LogP contribution in [0.5, 0.6) is 0 Å². The molecule has 0 unspecified atom stereocenters. The second-order valence-corrected chi connectivity index (χ2v) is 12.6. The molecule has 0 atom stereocenters. The second-order valence-electron chi connectivity index (χ2n) is 12.6. The number of aromatic nitrogens is 2. The van der Waals surface area contributed by atoms with Crippen LogP contribution in [0.1, 0.15) is 89.1 Å². The van der Waals surface area contributed by atoms with Gasteiger partial charge in [0.15, 0.2) is 5.78 Å². The van der Waals surface area contributed by atoms with E-state index in [0.29, 0.717) is 17.4 Å². The van der Waals surface area contributed by atoms with Crippen LogP contribution < -0.4 is 5.32 Å². The molecule has 0 bridgehead atoms. The molecule has 1 aliphatic heterocycles. The Morgan fingerprint density at radius 1 is 0.950 bits per heavy atom. The van der Waals surface area contributed by atoms with Crippen molar-refractivity contribution in [2.45, 2.75) is 86.2 Å². The number of hydrogen-bond acceptors (Lipinski definition) is 5. The van der Waals surface area contributed by atoms with Crippen molar-refractivity contribution in [1.82, 2.24) is 19.4 Å². The van der Waals surface area contributed by atoms with Gasteiger partial charge in [-0.2, -0.15) is 0 Å². The van der Waals surface area contributed by atoms with Crippen LogP contribution in [0.2, 0.25) is 0 Å². The molecule has 1 aromatic heterocycles. The topological polar surface area (TPSA) is 53.4 Å². The highest BCUT2D eigenvalue weighted by Gasteiger charge is 2.16. The molecule has 2 aromatic carbocycles. The van der Waals surface area contributed by atoms with E-state index in [0.717, 1.165) is 56.3 Å². The number of rotatable bonds is 15. The average Bonchev–Trinajstić information content (AvgIpc) is 3.26. The third kappa shape index (κ3) is 8.90. The van der Waals surface area contributed by atoms with E-state index in [1.54, 1.807) is 6.92 Å². The Morgan fingerprint density at radius 2 is 1.68 bits per heavy atom. The van der Waals surface area contributed by atoms with Crippen LogP contribution >= 0.6 is 0 Å². The standard InChI is InChI=1S/C34H51N5O/c1-26(2)15-21-38(22-16-27(3)4)25-29-13-14-32-33(23-29)39(20-10-19-37-17-7-6-8-18-37)34(36-32)35-31-12-9-11-30(24-31)28(5)40/h9,11-14,23-24,26-27H,6-8,10,15-22,25H2,1-5H3,(H,35,36). The summed E-state index contributed by atoms with van der Waals surface area (Å²) >= 11 is 0. The molecule has 1 saturated heterocycles. The van der Waals surface area contributed by atoms with Gasteiger partial charge in [-0.1, -0.05) is 52.3 Å². The lowest BCUT2D eigenvalue weighted by molar-refractivity contribution is 0.101. The number of likely N-dealkylation sites (tertiary alicyclic amines) is 1. The highest BCUT2D eigenvalue weighted by Crippen LogP contribution is 2.26. The summed E-state index contributed by atoms with van der Waals surface area (Å²) in [6.07, 6.45) is 7.54. The maximum Gasteiger partial charge on any atom is 0.208 e. The Morgan fingerprint density at radius 3 is 2.35 bits per heavy atom. The maximum absolute atomic E-state index is 12.0. The van der Waals surface area contributed by atoms with Gasteiger partial charge in [-0.3, -0.25) is 9.69 Å². The number of hydrogen-bond donors (Lipinski definition) is 1. The fourth-order valence-corrected chi connectivity index (χ4v) is 5.58. The van der Waals surface area contributed by atoms with Crippen LogP contribution in [0.3, 0.4) is 0 Å². The summed E-state index contributed by atoms with van der Waals surface area (Å²) in [7, 11) is 0. The van der Waals surface area contributed by atoms with Crippen molar-refractivity contribution in [1.29, 1.82) is 0 Å². The zero-order valence-corrected chi connectivity index (χ0v) is 25.6. The summed E-state index contributed by atoms with van der Waals surface area (Å²) in [5, 5.41) is 3.55. The zero-order valence-electron chi connectivity index (χ0n) is 25.6. The first-order chi connectivity index (χ1) is 19.3. The summed E-state index contributed by atoms with van der Waals surface area (Å²) in [5.74, 6) is 2.34. The van der Waals surface area contributed by atoms with Gasteiger partial charge < -0.3 is 14.8 Å². The van der Waals surface area contributed by atoms with Crippen molar-refractivity contribution in [2.24, 2.45) is 11.8 Å². The Kier molecular flexibility index (Phi) is 11.2. The first-order valence-electron chi connectivity index (χ1n) is 15.6. The molecule has 1 fully saturated rings. The Bertz CT molecular complexity index is 1210. The van der Waals surface area contributed by atoms with Crippen molar-refractivity contribution in [2.75, 3.05) is 38.0 Å². The van der Waals surface area contributed by atoms with Crippen LogP contribution in [0, 0.1) is 11.8 Å². The third-order valence-electron chi connectivity index (χ3n) is 8.09. The number of ketones is 1. The fraction of sp³-hybridized carbons (Fsp3) is 0.588. The third-order valence-corrected chi connectivity index (χ3v) is 8.09. The van der Waals surface area contributed by atoms with Crippen LogP contribution in [0.15, 0.2) is 42.5 Å². The van der Waals surface area contributed by atoms with Crippen LogP contribution in [0.25, 0.3) is 11.0 Å². The Labute approximate surface area is 242 Å².